The van der Waals surface area contributed by atoms with Crippen LogP contribution in [0.4, 0.5) is 10.5 Å². The Morgan fingerprint density at radius 2 is 1.97 bits per heavy atom. The smallest absolute Gasteiger partial charge is 0.318 e. The summed E-state index contributed by atoms with van der Waals surface area (Å²) in [5.41, 5.74) is 5.41. The van der Waals surface area contributed by atoms with E-state index in [0.29, 0.717) is 24.7 Å². The quantitative estimate of drug-likeness (QED) is 0.681. The first kappa shape index (κ1) is 18.1. The summed E-state index contributed by atoms with van der Waals surface area (Å²) in [6.07, 6.45) is 1.62. The van der Waals surface area contributed by atoms with Gasteiger partial charge in [0, 0.05) is 40.4 Å². The molecule has 0 radical (unpaired) electrons. The molecule has 0 bridgehead atoms. The van der Waals surface area contributed by atoms with Crippen LogP contribution >= 0.6 is 11.6 Å². The summed E-state index contributed by atoms with van der Waals surface area (Å²) >= 11 is 6.13. The fraction of sp³-hybridized carbons (Fsp3) is 0.273. The lowest BCUT2D eigenvalue weighted by atomic mass is 10.0. The number of para-hydroxylation sites is 1. The van der Waals surface area contributed by atoms with Gasteiger partial charge in [-0.2, -0.15) is 0 Å². The predicted molar refractivity (Wildman–Crippen MR) is 113 cm³/mol. The number of amides is 3. The lowest BCUT2D eigenvalue weighted by Crippen LogP contribution is -2.46. The van der Waals surface area contributed by atoms with Crippen molar-refractivity contribution in [1.82, 2.24) is 15.2 Å². The molecule has 0 atom stereocenters. The molecule has 2 N–H and O–H groups in total. The van der Waals surface area contributed by atoms with Crippen LogP contribution in [0.3, 0.4) is 0 Å². The second kappa shape index (κ2) is 7.12. The molecule has 2 aromatic carbocycles. The molecule has 0 unspecified atom stereocenters. The molecule has 0 fully saturated rings. The van der Waals surface area contributed by atoms with Crippen LogP contribution in [0.5, 0.6) is 0 Å². The van der Waals surface area contributed by atoms with E-state index in [0.717, 1.165) is 35.1 Å². The van der Waals surface area contributed by atoms with Crippen molar-refractivity contribution in [3.05, 3.63) is 64.3 Å². The molecule has 0 spiro atoms. The summed E-state index contributed by atoms with van der Waals surface area (Å²) in [5.74, 6) is -0.0822. The van der Waals surface area contributed by atoms with Crippen molar-refractivity contribution < 1.29 is 9.59 Å². The largest absolute Gasteiger partial charge is 0.357 e. The number of rotatable bonds is 2. The van der Waals surface area contributed by atoms with Gasteiger partial charge in [-0.3, -0.25) is 4.79 Å². The zero-order valence-electron chi connectivity index (χ0n) is 15.9. The van der Waals surface area contributed by atoms with Crippen LogP contribution in [0, 0.1) is 0 Å². The molecule has 6 nitrogen and oxygen atoms in total. The molecule has 0 saturated carbocycles. The number of fused-ring (bicyclic) bond motifs is 4. The van der Waals surface area contributed by atoms with Gasteiger partial charge in [0.15, 0.2) is 0 Å². The Hall–Kier alpha value is -2.99. The maximum Gasteiger partial charge on any atom is 0.318 e. The number of halogens is 1. The molecule has 1 aromatic heterocycles. The first-order valence-electron chi connectivity index (χ1n) is 9.80. The molecule has 7 heteroatoms. The highest BCUT2D eigenvalue weighted by atomic mass is 35.5. The van der Waals surface area contributed by atoms with E-state index in [1.165, 1.54) is 11.1 Å². The Kier molecular flexibility index (Phi) is 4.43. The molecule has 5 rings (SSSR count). The number of aromatic nitrogens is 1. The van der Waals surface area contributed by atoms with Gasteiger partial charge in [0.25, 0.3) is 0 Å². The third-order valence-electron chi connectivity index (χ3n) is 5.80. The third kappa shape index (κ3) is 3.23. The SMILES string of the molecule is O=C(NCC(=O)N1CCc2ccccc21)N1CCc2c([nH]c3ccc(Cl)cc23)C1. The van der Waals surface area contributed by atoms with Gasteiger partial charge in [-0.15, -0.1) is 0 Å². The fourth-order valence-corrected chi connectivity index (χ4v) is 4.51. The van der Waals surface area contributed by atoms with Crippen LogP contribution in [0.2, 0.25) is 5.02 Å². The Bertz CT molecular complexity index is 1120. The van der Waals surface area contributed by atoms with Crippen molar-refractivity contribution in [3.63, 3.8) is 0 Å². The molecule has 3 heterocycles. The van der Waals surface area contributed by atoms with Gasteiger partial charge < -0.3 is 20.1 Å². The first-order chi connectivity index (χ1) is 14.1. The van der Waals surface area contributed by atoms with Gasteiger partial charge in [0.2, 0.25) is 5.91 Å². The topological polar surface area (TPSA) is 68.4 Å². The van der Waals surface area contributed by atoms with Crippen LogP contribution in [0.1, 0.15) is 16.8 Å². The van der Waals surface area contributed by atoms with E-state index in [9.17, 15) is 9.59 Å². The van der Waals surface area contributed by atoms with E-state index in [-0.39, 0.29) is 18.5 Å². The maximum atomic E-state index is 12.7. The number of anilines is 1. The Morgan fingerprint density at radius 1 is 1.10 bits per heavy atom. The zero-order chi connectivity index (χ0) is 20.0. The highest BCUT2D eigenvalue weighted by molar-refractivity contribution is 6.31. The number of H-pyrrole nitrogens is 1. The Morgan fingerprint density at radius 3 is 2.86 bits per heavy atom. The summed E-state index contributed by atoms with van der Waals surface area (Å²) in [6, 6.07) is 13.5. The number of benzene rings is 2. The molecular weight excluding hydrogens is 388 g/mol. The number of carbonyl (C=O) groups is 2. The Labute approximate surface area is 173 Å². The molecule has 2 aliphatic rings. The molecule has 0 aliphatic carbocycles. The number of hydrogen-bond acceptors (Lipinski definition) is 2. The van der Waals surface area contributed by atoms with Crippen molar-refractivity contribution in [2.75, 3.05) is 24.5 Å². The second-order valence-corrected chi connectivity index (χ2v) is 7.96. The van der Waals surface area contributed by atoms with E-state index in [1.54, 1.807) is 9.80 Å². The Balaban J connectivity index is 1.23. The minimum absolute atomic E-state index is 0.00116. The number of hydrogen-bond donors (Lipinski definition) is 2. The monoisotopic (exact) mass is 408 g/mol. The summed E-state index contributed by atoms with van der Waals surface area (Å²) in [5, 5.41) is 4.62. The lowest BCUT2D eigenvalue weighted by molar-refractivity contribution is -0.117. The highest BCUT2D eigenvalue weighted by Crippen LogP contribution is 2.30. The minimum Gasteiger partial charge on any atom is -0.357 e. The average Bonchev–Trinajstić information content (AvgIpc) is 3.32. The van der Waals surface area contributed by atoms with Gasteiger partial charge in [-0.05, 0) is 48.2 Å². The number of nitrogens with one attached hydrogen (secondary N) is 2. The number of nitrogens with zero attached hydrogens (tertiary/aromatic N) is 2. The van der Waals surface area contributed by atoms with Crippen molar-refractivity contribution in [2.45, 2.75) is 19.4 Å². The fourth-order valence-electron chi connectivity index (χ4n) is 4.34. The van der Waals surface area contributed by atoms with E-state index >= 15 is 0 Å². The van der Waals surface area contributed by atoms with E-state index in [4.69, 9.17) is 11.6 Å². The minimum atomic E-state index is -0.215. The van der Waals surface area contributed by atoms with Crippen LogP contribution < -0.4 is 10.2 Å². The van der Waals surface area contributed by atoms with Crippen molar-refractivity contribution >= 4 is 40.1 Å². The van der Waals surface area contributed by atoms with Crippen LogP contribution in [-0.2, 0) is 24.2 Å². The molecule has 0 saturated heterocycles. The summed E-state index contributed by atoms with van der Waals surface area (Å²) < 4.78 is 0. The summed E-state index contributed by atoms with van der Waals surface area (Å²) in [7, 11) is 0. The van der Waals surface area contributed by atoms with Gasteiger partial charge >= 0.3 is 6.03 Å². The summed E-state index contributed by atoms with van der Waals surface area (Å²) in [4.78, 5) is 32.2. The number of carbonyl (C=O) groups excluding carboxylic acids is 2. The average molecular weight is 409 g/mol. The van der Waals surface area contributed by atoms with E-state index in [2.05, 4.69) is 10.3 Å². The van der Waals surface area contributed by atoms with E-state index < -0.39 is 0 Å². The standard InChI is InChI=1S/C22H21ClN4O2/c23-15-5-6-18-17(11-15)16-8-9-26(13-19(16)25-18)22(29)24-12-21(28)27-10-7-14-3-1-2-4-20(14)27/h1-6,11,25H,7-10,12-13H2,(H,24,29). The van der Waals surface area contributed by atoms with E-state index in [1.807, 2.05) is 42.5 Å². The molecule has 29 heavy (non-hydrogen) atoms. The molecule has 2 aliphatic heterocycles. The van der Waals surface area contributed by atoms with Crippen molar-refractivity contribution in [3.8, 4) is 0 Å². The van der Waals surface area contributed by atoms with Gasteiger partial charge in [-0.25, -0.2) is 4.79 Å². The maximum absolute atomic E-state index is 12.7. The predicted octanol–water partition coefficient (Wildman–Crippen LogP) is 3.48. The lowest BCUT2D eigenvalue weighted by Gasteiger charge is -2.27. The first-order valence-corrected chi connectivity index (χ1v) is 10.2. The summed E-state index contributed by atoms with van der Waals surface area (Å²) in [6.45, 7) is 1.77. The van der Waals surface area contributed by atoms with Gasteiger partial charge in [-0.1, -0.05) is 29.8 Å². The third-order valence-corrected chi connectivity index (χ3v) is 6.04. The molecule has 3 amide bonds. The zero-order valence-corrected chi connectivity index (χ0v) is 16.6. The number of urea groups is 1. The second-order valence-electron chi connectivity index (χ2n) is 7.53. The normalized spacial score (nSPS) is 15.3. The van der Waals surface area contributed by atoms with Crippen LogP contribution in [0.15, 0.2) is 42.5 Å². The van der Waals surface area contributed by atoms with Crippen LogP contribution in [-0.4, -0.2) is 41.5 Å². The number of aromatic amines is 1. The highest BCUT2D eigenvalue weighted by Gasteiger charge is 2.27. The molecule has 148 valence electrons. The molecular formula is C22H21ClN4O2. The van der Waals surface area contributed by atoms with Crippen molar-refractivity contribution in [1.29, 1.82) is 0 Å². The van der Waals surface area contributed by atoms with Gasteiger partial charge in [0.05, 0.1) is 13.1 Å². The van der Waals surface area contributed by atoms with Crippen LogP contribution in [0.25, 0.3) is 10.9 Å². The van der Waals surface area contributed by atoms with Gasteiger partial charge in [0.1, 0.15) is 0 Å². The van der Waals surface area contributed by atoms with Crippen molar-refractivity contribution in [2.24, 2.45) is 0 Å². The molecule has 3 aromatic rings.